The summed E-state index contributed by atoms with van der Waals surface area (Å²) < 4.78 is 19.0. The van der Waals surface area contributed by atoms with Crippen LogP contribution in [0.3, 0.4) is 0 Å². The van der Waals surface area contributed by atoms with Gasteiger partial charge in [-0.3, -0.25) is 4.79 Å². The van der Waals surface area contributed by atoms with E-state index in [0.717, 1.165) is 18.7 Å². The lowest BCUT2D eigenvalue weighted by Gasteiger charge is -2.38. The van der Waals surface area contributed by atoms with Crippen LogP contribution in [0.25, 0.3) is 0 Å². The van der Waals surface area contributed by atoms with Gasteiger partial charge in [-0.2, -0.15) is 0 Å². The number of anilines is 1. The predicted molar refractivity (Wildman–Crippen MR) is 67.0 cm³/mol. The molecule has 1 fully saturated rings. The topological polar surface area (TPSA) is 50.4 Å². The molecule has 0 spiro atoms. The number of amides is 1. The van der Waals surface area contributed by atoms with Crippen LogP contribution in [0.4, 0.5) is 10.1 Å². The second kappa shape index (κ2) is 5.04. The minimum absolute atomic E-state index is 0.0640. The Bertz CT molecular complexity index is 458. The lowest BCUT2D eigenvalue weighted by Crippen LogP contribution is -2.59. The number of hydrogen-bond acceptors (Lipinski definition) is 3. The van der Waals surface area contributed by atoms with Gasteiger partial charge in [0.25, 0.3) is 0 Å². The molecule has 1 amide bonds. The number of nitrogens with one attached hydrogen (secondary N) is 2. The molecule has 1 heterocycles. The summed E-state index contributed by atoms with van der Waals surface area (Å²) in [7, 11) is 0. The predicted octanol–water partition coefficient (Wildman–Crippen LogP) is 1.45. The molecule has 0 unspecified atom stereocenters. The highest BCUT2D eigenvalue weighted by atomic mass is 19.1. The van der Waals surface area contributed by atoms with Gasteiger partial charge in [0.15, 0.2) is 0 Å². The van der Waals surface area contributed by atoms with Gasteiger partial charge in [0.1, 0.15) is 12.4 Å². The zero-order valence-electron chi connectivity index (χ0n) is 10.5. The van der Waals surface area contributed by atoms with E-state index in [9.17, 15) is 9.18 Å². The molecule has 1 aromatic carbocycles. The lowest BCUT2D eigenvalue weighted by atomic mass is 10.0. The van der Waals surface area contributed by atoms with E-state index in [1.54, 1.807) is 19.1 Å². The number of aryl methyl sites for hydroxylation is 1. The molecule has 4 nitrogen and oxygen atoms in total. The highest BCUT2D eigenvalue weighted by Crippen LogP contribution is 2.17. The Balaban J connectivity index is 1.87. The molecule has 0 saturated carbocycles. The van der Waals surface area contributed by atoms with Crippen LogP contribution >= 0.6 is 0 Å². The van der Waals surface area contributed by atoms with Gasteiger partial charge in [-0.15, -0.1) is 0 Å². The molecule has 0 atom stereocenters. The van der Waals surface area contributed by atoms with Crippen LogP contribution in [0.1, 0.15) is 12.5 Å². The SMILES string of the molecule is Cc1ccc(NC(=O)COC2(C)CNC2)c(F)c1. The van der Waals surface area contributed by atoms with Crippen molar-refractivity contribution in [1.82, 2.24) is 5.32 Å². The molecule has 98 valence electrons. The van der Waals surface area contributed by atoms with Crippen LogP contribution in [-0.2, 0) is 9.53 Å². The number of carbonyl (C=O) groups is 1. The number of benzene rings is 1. The third-order valence-electron chi connectivity index (χ3n) is 2.95. The Morgan fingerprint density at radius 3 is 2.83 bits per heavy atom. The average Bonchev–Trinajstić information content (AvgIpc) is 2.28. The Hall–Kier alpha value is -1.46. The zero-order chi connectivity index (χ0) is 13.2. The van der Waals surface area contributed by atoms with E-state index in [2.05, 4.69) is 10.6 Å². The summed E-state index contributed by atoms with van der Waals surface area (Å²) in [5, 5.41) is 5.57. The van der Waals surface area contributed by atoms with Gasteiger partial charge in [-0.25, -0.2) is 4.39 Å². The minimum atomic E-state index is -0.431. The quantitative estimate of drug-likeness (QED) is 0.852. The summed E-state index contributed by atoms with van der Waals surface area (Å²) in [5.41, 5.74) is 0.726. The summed E-state index contributed by atoms with van der Waals surface area (Å²) in [6, 6.07) is 4.68. The van der Waals surface area contributed by atoms with Crippen molar-refractivity contribution in [1.29, 1.82) is 0 Å². The van der Waals surface area contributed by atoms with Crippen LogP contribution in [0.15, 0.2) is 18.2 Å². The Morgan fingerprint density at radius 1 is 1.56 bits per heavy atom. The fourth-order valence-electron chi connectivity index (χ4n) is 1.73. The largest absolute Gasteiger partial charge is 0.363 e. The van der Waals surface area contributed by atoms with Gasteiger partial charge in [0.2, 0.25) is 5.91 Å². The average molecular weight is 252 g/mol. The molecule has 2 N–H and O–H groups in total. The maximum absolute atomic E-state index is 13.5. The molecular weight excluding hydrogens is 235 g/mol. The molecule has 0 radical (unpaired) electrons. The van der Waals surface area contributed by atoms with Crippen LogP contribution in [0, 0.1) is 12.7 Å². The molecule has 1 aliphatic heterocycles. The second-order valence-corrected chi connectivity index (χ2v) is 4.87. The van der Waals surface area contributed by atoms with E-state index in [0.29, 0.717) is 0 Å². The Kier molecular flexibility index (Phi) is 3.63. The minimum Gasteiger partial charge on any atom is -0.363 e. The zero-order valence-corrected chi connectivity index (χ0v) is 10.5. The van der Waals surface area contributed by atoms with Crippen molar-refractivity contribution in [2.24, 2.45) is 0 Å². The third-order valence-corrected chi connectivity index (χ3v) is 2.95. The molecule has 1 saturated heterocycles. The highest BCUT2D eigenvalue weighted by Gasteiger charge is 2.33. The van der Waals surface area contributed by atoms with Crippen molar-refractivity contribution < 1.29 is 13.9 Å². The molecule has 1 aromatic rings. The normalized spacial score (nSPS) is 17.1. The van der Waals surface area contributed by atoms with Crippen LogP contribution < -0.4 is 10.6 Å². The van der Waals surface area contributed by atoms with Gasteiger partial charge in [0.05, 0.1) is 11.3 Å². The molecule has 0 bridgehead atoms. The number of carbonyl (C=O) groups excluding carboxylic acids is 1. The fourth-order valence-corrected chi connectivity index (χ4v) is 1.73. The van der Waals surface area contributed by atoms with E-state index in [4.69, 9.17) is 4.74 Å². The molecule has 5 heteroatoms. The number of halogens is 1. The Labute approximate surface area is 106 Å². The smallest absolute Gasteiger partial charge is 0.250 e. The molecule has 18 heavy (non-hydrogen) atoms. The first-order chi connectivity index (χ1) is 8.48. The first kappa shape index (κ1) is 13.0. The van der Waals surface area contributed by atoms with Crippen molar-refractivity contribution in [3.63, 3.8) is 0 Å². The van der Waals surface area contributed by atoms with Crippen molar-refractivity contribution in [2.45, 2.75) is 19.4 Å². The van der Waals surface area contributed by atoms with E-state index >= 15 is 0 Å². The number of rotatable bonds is 4. The summed E-state index contributed by atoms with van der Waals surface area (Å²) in [4.78, 5) is 11.6. The first-order valence-electron chi connectivity index (χ1n) is 5.89. The maximum atomic E-state index is 13.5. The molecule has 1 aliphatic rings. The summed E-state index contributed by atoms with van der Waals surface area (Å²) in [5.74, 6) is -0.772. The van der Waals surface area contributed by atoms with E-state index in [1.807, 2.05) is 6.92 Å². The van der Waals surface area contributed by atoms with Crippen molar-refractivity contribution in [3.05, 3.63) is 29.6 Å². The Morgan fingerprint density at radius 2 is 2.28 bits per heavy atom. The van der Waals surface area contributed by atoms with Gasteiger partial charge in [-0.1, -0.05) is 6.07 Å². The summed E-state index contributed by atoms with van der Waals surface area (Å²) in [6.45, 7) is 5.13. The van der Waals surface area contributed by atoms with Gasteiger partial charge in [-0.05, 0) is 31.5 Å². The third kappa shape index (κ3) is 3.05. The van der Waals surface area contributed by atoms with Gasteiger partial charge in [0, 0.05) is 13.1 Å². The number of ether oxygens (including phenoxy) is 1. The lowest BCUT2D eigenvalue weighted by molar-refractivity contribution is -0.130. The molecule has 2 rings (SSSR count). The van der Waals surface area contributed by atoms with E-state index < -0.39 is 5.82 Å². The highest BCUT2D eigenvalue weighted by molar-refractivity contribution is 5.91. The monoisotopic (exact) mass is 252 g/mol. The van der Waals surface area contributed by atoms with Crippen LogP contribution in [-0.4, -0.2) is 31.2 Å². The molecule has 0 aromatic heterocycles. The standard InChI is InChI=1S/C13H17FN2O2/c1-9-3-4-11(10(14)5-9)16-12(17)6-18-13(2)7-15-8-13/h3-5,15H,6-8H2,1-2H3,(H,16,17). The van der Waals surface area contributed by atoms with E-state index in [-0.39, 0.29) is 23.8 Å². The maximum Gasteiger partial charge on any atom is 0.250 e. The van der Waals surface area contributed by atoms with E-state index in [1.165, 1.54) is 6.07 Å². The molecular formula is C13H17FN2O2. The van der Waals surface area contributed by atoms with Crippen LogP contribution in [0.2, 0.25) is 0 Å². The second-order valence-electron chi connectivity index (χ2n) is 4.87. The van der Waals surface area contributed by atoms with Gasteiger partial charge < -0.3 is 15.4 Å². The summed E-state index contributed by atoms with van der Waals surface area (Å²) >= 11 is 0. The van der Waals surface area contributed by atoms with Crippen LogP contribution in [0.5, 0.6) is 0 Å². The van der Waals surface area contributed by atoms with Crippen molar-refractivity contribution >= 4 is 11.6 Å². The molecule has 0 aliphatic carbocycles. The summed E-state index contributed by atoms with van der Waals surface area (Å²) in [6.07, 6.45) is 0. The van der Waals surface area contributed by atoms with Crippen molar-refractivity contribution in [2.75, 3.05) is 25.0 Å². The first-order valence-corrected chi connectivity index (χ1v) is 5.89. The van der Waals surface area contributed by atoms with Gasteiger partial charge >= 0.3 is 0 Å². The number of hydrogen-bond donors (Lipinski definition) is 2. The fraction of sp³-hybridized carbons (Fsp3) is 0.462. The van der Waals surface area contributed by atoms with Crippen molar-refractivity contribution in [3.8, 4) is 0 Å².